The number of hydrogen-bond donors (Lipinski definition) is 1. The Morgan fingerprint density at radius 1 is 1.05 bits per heavy atom. The Morgan fingerprint density at radius 3 is 2.32 bits per heavy atom. The quantitative estimate of drug-likeness (QED) is 0.862. The molecule has 2 aromatic rings. The summed E-state index contributed by atoms with van der Waals surface area (Å²) in [5.41, 5.74) is 10.6. The summed E-state index contributed by atoms with van der Waals surface area (Å²) in [4.78, 5) is 0. The maximum absolute atomic E-state index is 14.1. The highest BCUT2D eigenvalue weighted by Gasteiger charge is 2.17. The fraction of sp³-hybridized carbons (Fsp3) is 0.250. The molecule has 0 fully saturated rings. The van der Waals surface area contributed by atoms with Gasteiger partial charge in [0.25, 0.3) is 0 Å². The monoisotopic (exact) mass is 321 g/mol. The lowest BCUT2D eigenvalue weighted by atomic mass is 9.93. The summed E-state index contributed by atoms with van der Waals surface area (Å²) in [7, 11) is 0. The maximum atomic E-state index is 14.1. The van der Waals surface area contributed by atoms with E-state index in [2.05, 4.69) is 15.9 Å². The fourth-order valence-electron chi connectivity index (χ4n) is 2.29. The molecule has 2 rings (SSSR count). The third-order valence-electron chi connectivity index (χ3n) is 3.35. The van der Waals surface area contributed by atoms with Gasteiger partial charge in [0.2, 0.25) is 0 Å². The van der Waals surface area contributed by atoms with Gasteiger partial charge >= 0.3 is 0 Å². The first-order valence-corrected chi connectivity index (χ1v) is 6.97. The summed E-state index contributed by atoms with van der Waals surface area (Å²) in [5, 5.41) is 0. The van der Waals surface area contributed by atoms with E-state index in [4.69, 9.17) is 5.73 Å². The molecule has 19 heavy (non-hydrogen) atoms. The van der Waals surface area contributed by atoms with Crippen molar-refractivity contribution in [3.8, 4) is 0 Å². The van der Waals surface area contributed by atoms with Gasteiger partial charge in [0, 0.05) is 10.0 Å². The van der Waals surface area contributed by atoms with Gasteiger partial charge in [-0.3, -0.25) is 0 Å². The van der Waals surface area contributed by atoms with Crippen LogP contribution in [-0.4, -0.2) is 0 Å². The van der Waals surface area contributed by atoms with E-state index in [1.807, 2.05) is 45.0 Å². The van der Waals surface area contributed by atoms with Crippen LogP contribution in [-0.2, 0) is 0 Å². The molecule has 0 aliphatic rings. The molecule has 0 saturated heterocycles. The van der Waals surface area contributed by atoms with Crippen LogP contribution in [0.4, 0.5) is 4.39 Å². The second kappa shape index (κ2) is 5.43. The maximum Gasteiger partial charge on any atom is 0.128 e. The Kier molecular flexibility index (Phi) is 4.07. The highest BCUT2D eigenvalue weighted by molar-refractivity contribution is 9.10. The molecular weight excluding hydrogens is 305 g/mol. The van der Waals surface area contributed by atoms with Gasteiger partial charge in [-0.05, 0) is 55.2 Å². The van der Waals surface area contributed by atoms with Gasteiger partial charge in [-0.2, -0.15) is 0 Å². The molecule has 2 N–H and O–H groups in total. The average molecular weight is 322 g/mol. The van der Waals surface area contributed by atoms with Gasteiger partial charge in [-0.25, -0.2) is 4.39 Å². The highest BCUT2D eigenvalue weighted by atomic mass is 79.9. The Morgan fingerprint density at radius 2 is 1.74 bits per heavy atom. The van der Waals surface area contributed by atoms with Gasteiger partial charge in [-0.1, -0.05) is 34.1 Å². The molecule has 0 radical (unpaired) electrons. The van der Waals surface area contributed by atoms with Crippen LogP contribution in [0.15, 0.2) is 34.8 Å². The Balaban J connectivity index is 2.49. The zero-order valence-corrected chi connectivity index (χ0v) is 12.9. The zero-order valence-electron chi connectivity index (χ0n) is 11.3. The van der Waals surface area contributed by atoms with Crippen LogP contribution in [0, 0.1) is 26.6 Å². The molecule has 0 aliphatic heterocycles. The van der Waals surface area contributed by atoms with E-state index in [0.717, 1.165) is 26.7 Å². The number of nitrogens with two attached hydrogens (primary N) is 1. The lowest BCUT2D eigenvalue weighted by Crippen LogP contribution is -2.15. The molecule has 0 aliphatic carbocycles. The standard InChI is InChI=1S/C16H17BrFN/c1-9-6-11(3)15(14(18)7-9)16(19)12-5-4-10(2)13(17)8-12/h4-8,16H,19H2,1-3H3. The van der Waals surface area contributed by atoms with Crippen molar-refractivity contribution >= 4 is 15.9 Å². The number of rotatable bonds is 2. The van der Waals surface area contributed by atoms with Crippen molar-refractivity contribution in [1.29, 1.82) is 0 Å². The summed E-state index contributed by atoms with van der Waals surface area (Å²) in [6.07, 6.45) is 0. The summed E-state index contributed by atoms with van der Waals surface area (Å²) in [6, 6.07) is 8.94. The molecule has 0 heterocycles. The van der Waals surface area contributed by atoms with Gasteiger partial charge in [-0.15, -0.1) is 0 Å². The molecule has 0 aromatic heterocycles. The third kappa shape index (κ3) is 2.88. The topological polar surface area (TPSA) is 26.0 Å². The van der Waals surface area contributed by atoms with E-state index in [0.29, 0.717) is 5.56 Å². The molecule has 0 bridgehead atoms. The van der Waals surface area contributed by atoms with E-state index >= 15 is 0 Å². The van der Waals surface area contributed by atoms with Crippen LogP contribution >= 0.6 is 15.9 Å². The second-order valence-corrected chi connectivity index (χ2v) is 5.82. The van der Waals surface area contributed by atoms with Crippen molar-refractivity contribution in [3.63, 3.8) is 0 Å². The lowest BCUT2D eigenvalue weighted by molar-refractivity contribution is 0.596. The largest absolute Gasteiger partial charge is 0.320 e. The summed E-state index contributed by atoms with van der Waals surface area (Å²) in [5.74, 6) is -0.235. The molecule has 2 aromatic carbocycles. The summed E-state index contributed by atoms with van der Waals surface area (Å²) >= 11 is 3.49. The second-order valence-electron chi connectivity index (χ2n) is 4.96. The van der Waals surface area contributed by atoms with Crippen LogP contribution in [0.1, 0.15) is 33.9 Å². The van der Waals surface area contributed by atoms with Crippen molar-refractivity contribution < 1.29 is 4.39 Å². The third-order valence-corrected chi connectivity index (χ3v) is 4.20. The first-order valence-electron chi connectivity index (χ1n) is 6.18. The van der Waals surface area contributed by atoms with Crippen molar-refractivity contribution in [1.82, 2.24) is 0 Å². The fourth-order valence-corrected chi connectivity index (χ4v) is 2.69. The zero-order chi connectivity index (χ0) is 14.2. The average Bonchev–Trinajstić information content (AvgIpc) is 2.31. The van der Waals surface area contributed by atoms with Gasteiger partial charge in [0.15, 0.2) is 0 Å². The predicted molar refractivity (Wildman–Crippen MR) is 80.8 cm³/mol. The predicted octanol–water partition coefficient (Wildman–Crippen LogP) is 4.56. The Hall–Kier alpha value is -1.19. The van der Waals surface area contributed by atoms with Crippen LogP contribution in [0.3, 0.4) is 0 Å². The first-order chi connectivity index (χ1) is 8.90. The van der Waals surface area contributed by atoms with Crippen LogP contribution in [0.2, 0.25) is 0 Å². The molecule has 1 nitrogen and oxygen atoms in total. The molecular formula is C16H17BrFN. The van der Waals surface area contributed by atoms with E-state index in [-0.39, 0.29) is 5.82 Å². The number of hydrogen-bond acceptors (Lipinski definition) is 1. The Bertz CT molecular complexity index is 599. The molecule has 0 saturated carbocycles. The van der Waals surface area contributed by atoms with Crippen LogP contribution < -0.4 is 5.73 Å². The van der Waals surface area contributed by atoms with Crippen molar-refractivity contribution in [3.05, 3.63) is 68.4 Å². The molecule has 100 valence electrons. The van der Waals surface area contributed by atoms with E-state index in [1.165, 1.54) is 6.07 Å². The van der Waals surface area contributed by atoms with Crippen LogP contribution in [0.25, 0.3) is 0 Å². The van der Waals surface area contributed by atoms with Crippen molar-refractivity contribution in [2.24, 2.45) is 5.73 Å². The normalized spacial score (nSPS) is 12.5. The van der Waals surface area contributed by atoms with Crippen molar-refractivity contribution in [2.45, 2.75) is 26.8 Å². The van der Waals surface area contributed by atoms with E-state index < -0.39 is 6.04 Å². The van der Waals surface area contributed by atoms with E-state index in [1.54, 1.807) is 0 Å². The minimum Gasteiger partial charge on any atom is -0.320 e. The Labute approximate surface area is 121 Å². The minimum absolute atomic E-state index is 0.235. The minimum atomic E-state index is -0.447. The smallest absolute Gasteiger partial charge is 0.128 e. The lowest BCUT2D eigenvalue weighted by Gasteiger charge is -2.17. The van der Waals surface area contributed by atoms with Gasteiger partial charge in [0.1, 0.15) is 5.82 Å². The molecule has 3 heteroatoms. The SMILES string of the molecule is Cc1cc(C)c(C(N)c2ccc(C)c(Br)c2)c(F)c1. The molecule has 1 atom stereocenters. The van der Waals surface area contributed by atoms with Crippen molar-refractivity contribution in [2.75, 3.05) is 0 Å². The van der Waals surface area contributed by atoms with Gasteiger partial charge < -0.3 is 5.73 Å². The summed E-state index contributed by atoms with van der Waals surface area (Å²) in [6.45, 7) is 5.79. The van der Waals surface area contributed by atoms with E-state index in [9.17, 15) is 4.39 Å². The highest BCUT2D eigenvalue weighted by Crippen LogP contribution is 2.29. The number of halogens is 2. The first kappa shape index (κ1) is 14.2. The van der Waals surface area contributed by atoms with Crippen LogP contribution in [0.5, 0.6) is 0 Å². The van der Waals surface area contributed by atoms with Gasteiger partial charge in [0.05, 0.1) is 6.04 Å². The summed E-state index contributed by atoms with van der Waals surface area (Å²) < 4.78 is 15.1. The molecule has 1 unspecified atom stereocenters. The molecule has 0 spiro atoms. The molecule has 0 amide bonds. The number of aryl methyl sites for hydroxylation is 3. The number of benzene rings is 2.